The second-order valence-electron chi connectivity index (χ2n) is 4.31. The molecule has 2 N–H and O–H groups in total. The molecule has 1 aromatic carbocycles. The number of anilines is 1. The molecule has 0 saturated heterocycles. The van der Waals surface area contributed by atoms with Crippen molar-refractivity contribution < 1.29 is 9.26 Å². The highest BCUT2D eigenvalue weighted by atomic mass is 79.9. The minimum absolute atomic E-state index is 0.236. The van der Waals surface area contributed by atoms with Crippen LogP contribution < -0.4 is 10.5 Å². The lowest BCUT2D eigenvalue weighted by Crippen LogP contribution is -1.96. The molecule has 0 saturated carbocycles. The summed E-state index contributed by atoms with van der Waals surface area (Å²) in [7, 11) is 1.63. The van der Waals surface area contributed by atoms with Crippen LogP contribution in [0.2, 0.25) is 0 Å². The average Bonchev–Trinajstić information content (AvgIpc) is 2.70. The van der Waals surface area contributed by atoms with Crippen LogP contribution in [0.25, 0.3) is 11.3 Å². The summed E-state index contributed by atoms with van der Waals surface area (Å²) >= 11 is 3.41. The number of nitrogen functional groups attached to an aromatic ring is 1. The minimum atomic E-state index is 0.236. The van der Waals surface area contributed by atoms with Gasteiger partial charge in [0.15, 0.2) is 11.6 Å². The van der Waals surface area contributed by atoms with Gasteiger partial charge < -0.3 is 15.0 Å². The van der Waals surface area contributed by atoms with Gasteiger partial charge in [-0.25, -0.2) is 0 Å². The molecule has 0 aliphatic rings. The van der Waals surface area contributed by atoms with Crippen molar-refractivity contribution in [2.45, 2.75) is 19.8 Å². The molecule has 5 heteroatoms. The van der Waals surface area contributed by atoms with Gasteiger partial charge in [-0.15, -0.1) is 0 Å². The first-order valence-corrected chi connectivity index (χ1v) is 6.42. The van der Waals surface area contributed by atoms with Gasteiger partial charge in [0.2, 0.25) is 0 Å². The lowest BCUT2D eigenvalue weighted by molar-refractivity contribution is 0.406. The summed E-state index contributed by atoms with van der Waals surface area (Å²) in [5.74, 6) is 2.07. The number of hydrogen-bond acceptors (Lipinski definition) is 4. The standard InChI is InChI=1S/C13H15BrN2O2/c1-7(2)11-12(18-16-13(11)15)9-5-4-8(14)6-10(9)17-3/h4-7H,1-3H3,(H2,15,16). The number of aromatic nitrogens is 1. The van der Waals surface area contributed by atoms with E-state index in [2.05, 4.69) is 34.9 Å². The van der Waals surface area contributed by atoms with Crippen molar-refractivity contribution in [3.05, 3.63) is 28.2 Å². The third-order valence-electron chi connectivity index (χ3n) is 2.74. The predicted octanol–water partition coefficient (Wildman–Crippen LogP) is 3.82. The predicted molar refractivity (Wildman–Crippen MR) is 74.7 cm³/mol. The Bertz CT molecular complexity index is 564. The highest BCUT2D eigenvalue weighted by molar-refractivity contribution is 9.10. The van der Waals surface area contributed by atoms with Gasteiger partial charge in [-0.05, 0) is 24.1 Å². The van der Waals surface area contributed by atoms with Crippen molar-refractivity contribution >= 4 is 21.7 Å². The van der Waals surface area contributed by atoms with E-state index in [1.165, 1.54) is 0 Å². The van der Waals surface area contributed by atoms with Crippen LogP contribution in [-0.4, -0.2) is 12.3 Å². The maximum Gasteiger partial charge on any atom is 0.176 e. The van der Waals surface area contributed by atoms with Crippen molar-refractivity contribution in [2.75, 3.05) is 12.8 Å². The second kappa shape index (κ2) is 5.02. The van der Waals surface area contributed by atoms with E-state index in [0.717, 1.165) is 21.3 Å². The number of hydrogen-bond donors (Lipinski definition) is 1. The fraction of sp³-hybridized carbons (Fsp3) is 0.308. The van der Waals surface area contributed by atoms with Gasteiger partial charge in [-0.3, -0.25) is 0 Å². The van der Waals surface area contributed by atoms with Crippen LogP contribution in [0.3, 0.4) is 0 Å². The van der Waals surface area contributed by atoms with Crippen molar-refractivity contribution in [1.29, 1.82) is 0 Å². The molecule has 2 rings (SSSR count). The van der Waals surface area contributed by atoms with E-state index in [4.69, 9.17) is 15.0 Å². The molecule has 0 bridgehead atoms. The second-order valence-corrected chi connectivity index (χ2v) is 5.23. The first-order valence-electron chi connectivity index (χ1n) is 5.63. The van der Waals surface area contributed by atoms with E-state index in [0.29, 0.717) is 11.6 Å². The van der Waals surface area contributed by atoms with Gasteiger partial charge in [0.1, 0.15) is 5.75 Å². The number of nitrogens with two attached hydrogens (primary N) is 1. The fourth-order valence-electron chi connectivity index (χ4n) is 1.91. The Labute approximate surface area is 114 Å². The van der Waals surface area contributed by atoms with Gasteiger partial charge in [0, 0.05) is 10.0 Å². The Balaban J connectivity index is 2.62. The molecule has 4 nitrogen and oxygen atoms in total. The average molecular weight is 311 g/mol. The van der Waals surface area contributed by atoms with Crippen LogP contribution in [0.5, 0.6) is 5.75 Å². The van der Waals surface area contributed by atoms with Crippen molar-refractivity contribution in [2.24, 2.45) is 0 Å². The van der Waals surface area contributed by atoms with E-state index in [9.17, 15) is 0 Å². The van der Waals surface area contributed by atoms with Gasteiger partial charge in [-0.1, -0.05) is 34.9 Å². The molecule has 0 aliphatic carbocycles. The van der Waals surface area contributed by atoms with Gasteiger partial charge in [0.05, 0.1) is 12.7 Å². The fourth-order valence-corrected chi connectivity index (χ4v) is 2.25. The van der Waals surface area contributed by atoms with Crippen LogP contribution >= 0.6 is 15.9 Å². The lowest BCUT2D eigenvalue weighted by Gasteiger charge is -2.09. The van der Waals surface area contributed by atoms with Crippen LogP contribution in [-0.2, 0) is 0 Å². The molecule has 0 aliphatic heterocycles. The Hall–Kier alpha value is -1.49. The largest absolute Gasteiger partial charge is 0.496 e. The third kappa shape index (κ3) is 2.22. The molecule has 0 radical (unpaired) electrons. The molecule has 2 aromatic rings. The third-order valence-corrected chi connectivity index (χ3v) is 3.23. The summed E-state index contributed by atoms with van der Waals surface area (Å²) in [5.41, 5.74) is 7.61. The molecule has 1 aromatic heterocycles. The maximum atomic E-state index is 5.85. The van der Waals surface area contributed by atoms with Crippen LogP contribution in [0.1, 0.15) is 25.3 Å². The smallest absolute Gasteiger partial charge is 0.176 e. The zero-order valence-electron chi connectivity index (χ0n) is 10.5. The topological polar surface area (TPSA) is 61.3 Å². The minimum Gasteiger partial charge on any atom is -0.496 e. The molecule has 0 amide bonds. The molecule has 18 heavy (non-hydrogen) atoms. The molecular formula is C13H15BrN2O2. The van der Waals surface area contributed by atoms with E-state index in [1.807, 2.05) is 18.2 Å². The highest BCUT2D eigenvalue weighted by Gasteiger charge is 2.21. The molecule has 0 spiro atoms. The molecule has 0 fully saturated rings. The Morgan fingerprint density at radius 2 is 2.11 bits per heavy atom. The van der Waals surface area contributed by atoms with E-state index in [-0.39, 0.29) is 5.92 Å². The van der Waals surface area contributed by atoms with Crippen molar-refractivity contribution in [1.82, 2.24) is 5.16 Å². The van der Waals surface area contributed by atoms with Gasteiger partial charge in [-0.2, -0.15) is 0 Å². The van der Waals surface area contributed by atoms with Crippen molar-refractivity contribution in [3.8, 4) is 17.1 Å². The zero-order chi connectivity index (χ0) is 13.3. The van der Waals surface area contributed by atoms with E-state index < -0.39 is 0 Å². The van der Waals surface area contributed by atoms with Crippen LogP contribution in [0, 0.1) is 0 Å². The van der Waals surface area contributed by atoms with E-state index in [1.54, 1.807) is 7.11 Å². The number of ether oxygens (including phenoxy) is 1. The number of benzene rings is 1. The quantitative estimate of drug-likeness (QED) is 0.936. The normalized spacial score (nSPS) is 10.9. The molecule has 96 valence electrons. The number of nitrogens with zero attached hydrogens (tertiary/aromatic N) is 1. The Kier molecular flexibility index (Phi) is 3.61. The molecule has 1 heterocycles. The number of rotatable bonds is 3. The maximum absolute atomic E-state index is 5.85. The SMILES string of the molecule is COc1cc(Br)ccc1-c1onc(N)c1C(C)C. The Morgan fingerprint density at radius 3 is 2.72 bits per heavy atom. The lowest BCUT2D eigenvalue weighted by atomic mass is 9.99. The number of methoxy groups -OCH3 is 1. The monoisotopic (exact) mass is 310 g/mol. The van der Waals surface area contributed by atoms with Crippen LogP contribution in [0.4, 0.5) is 5.82 Å². The number of halogens is 1. The summed E-state index contributed by atoms with van der Waals surface area (Å²) in [4.78, 5) is 0. The van der Waals surface area contributed by atoms with Gasteiger partial charge >= 0.3 is 0 Å². The summed E-state index contributed by atoms with van der Waals surface area (Å²) in [6, 6.07) is 5.74. The van der Waals surface area contributed by atoms with Crippen molar-refractivity contribution in [3.63, 3.8) is 0 Å². The molecule has 0 atom stereocenters. The highest BCUT2D eigenvalue weighted by Crippen LogP contribution is 2.39. The first-order chi connectivity index (χ1) is 8.54. The van der Waals surface area contributed by atoms with Gasteiger partial charge in [0.25, 0.3) is 0 Å². The van der Waals surface area contributed by atoms with E-state index >= 15 is 0 Å². The summed E-state index contributed by atoms with van der Waals surface area (Å²) in [6.45, 7) is 4.11. The molecule has 0 unspecified atom stereocenters. The Morgan fingerprint density at radius 1 is 1.39 bits per heavy atom. The zero-order valence-corrected chi connectivity index (χ0v) is 12.1. The summed E-state index contributed by atoms with van der Waals surface area (Å²) in [6.07, 6.45) is 0. The molecular weight excluding hydrogens is 296 g/mol. The summed E-state index contributed by atoms with van der Waals surface area (Å²) in [5, 5.41) is 3.85. The first kappa shape index (κ1) is 13.0. The summed E-state index contributed by atoms with van der Waals surface area (Å²) < 4.78 is 11.7. The van der Waals surface area contributed by atoms with Crippen LogP contribution in [0.15, 0.2) is 27.2 Å².